The van der Waals surface area contributed by atoms with Crippen molar-refractivity contribution in [1.29, 1.82) is 0 Å². The summed E-state index contributed by atoms with van der Waals surface area (Å²) in [6.45, 7) is 1.60. The highest BCUT2D eigenvalue weighted by atomic mass is 19.1. The number of carbonyl (C=O) groups is 2. The molecule has 6 nitrogen and oxygen atoms in total. The maximum Gasteiger partial charge on any atom is 0.338 e. The highest BCUT2D eigenvalue weighted by molar-refractivity contribution is 5.90. The third kappa shape index (κ3) is 4.37. The molecule has 3 rings (SSSR count). The first-order chi connectivity index (χ1) is 13.5. The van der Waals surface area contributed by atoms with E-state index in [1.165, 1.54) is 7.11 Å². The minimum atomic E-state index is -1.83. The normalized spacial score (nSPS) is 27.0. The second kappa shape index (κ2) is 8.95. The molecule has 1 aliphatic heterocycles. The third-order valence-electron chi connectivity index (χ3n) is 4.45. The highest BCUT2D eigenvalue weighted by Gasteiger charge is 2.49. The Bertz CT molecular complexity index is 797. The number of benzene rings is 2. The second-order valence-corrected chi connectivity index (χ2v) is 6.36. The summed E-state index contributed by atoms with van der Waals surface area (Å²) in [6.07, 6.45) is -6.34. The van der Waals surface area contributed by atoms with Crippen LogP contribution in [-0.2, 0) is 18.9 Å². The standard InChI is InChI=1S/C21H21FO6/c1-13-17(27-19(23)14-9-5-3-6-10-14)18(16(22)21(25-2)26-13)28-20(24)15-11-7-4-8-12-15/h3-13,16-18,21H,1-2H3/t13-,16-,17+,18-,21+/m1/s1. The van der Waals surface area contributed by atoms with Crippen molar-refractivity contribution in [2.24, 2.45) is 0 Å². The van der Waals surface area contributed by atoms with Crippen molar-refractivity contribution >= 4 is 11.9 Å². The molecule has 1 fully saturated rings. The molecule has 0 aliphatic carbocycles. The van der Waals surface area contributed by atoms with Gasteiger partial charge in [0, 0.05) is 7.11 Å². The van der Waals surface area contributed by atoms with Crippen molar-refractivity contribution in [2.45, 2.75) is 37.7 Å². The van der Waals surface area contributed by atoms with E-state index in [0.29, 0.717) is 5.56 Å². The van der Waals surface area contributed by atoms with E-state index in [9.17, 15) is 14.0 Å². The number of hydrogen-bond donors (Lipinski definition) is 0. The molecule has 0 spiro atoms. The average Bonchev–Trinajstić information content (AvgIpc) is 2.73. The summed E-state index contributed by atoms with van der Waals surface area (Å²) >= 11 is 0. The van der Waals surface area contributed by atoms with Gasteiger partial charge in [-0.05, 0) is 31.2 Å². The fourth-order valence-electron chi connectivity index (χ4n) is 2.98. The van der Waals surface area contributed by atoms with Gasteiger partial charge in [0.2, 0.25) is 0 Å². The second-order valence-electron chi connectivity index (χ2n) is 6.36. The topological polar surface area (TPSA) is 71.1 Å². The monoisotopic (exact) mass is 388 g/mol. The van der Waals surface area contributed by atoms with Gasteiger partial charge in [-0.15, -0.1) is 0 Å². The number of methoxy groups -OCH3 is 1. The average molecular weight is 388 g/mol. The van der Waals surface area contributed by atoms with E-state index >= 15 is 0 Å². The first-order valence-electron chi connectivity index (χ1n) is 8.85. The molecule has 148 valence electrons. The van der Waals surface area contributed by atoms with Crippen LogP contribution in [0.5, 0.6) is 0 Å². The van der Waals surface area contributed by atoms with E-state index in [0.717, 1.165) is 0 Å². The Morgan fingerprint density at radius 2 is 1.32 bits per heavy atom. The summed E-state index contributed by atoms with van der Waals surface area (Å²) in [7, 11) is 1.29. The van der Waals surface area contributed by atoms with Crippen LogP contribution in [-0.4, -0.2) is 49.8 Å². The van der Waals surface area contributed by atoms with Crippen LogP contribution in [0.4, 0.5) is 4.39 Å². The largest absolute Gasteiger partial charge is 0.452 e. The number of alkyl halides is 1. The van der Waals surface area contributed by atoms with Gasteiger partial charge in [0.15, 0.2) is 24.7 Å². The first-order valence-corrected chi connectivity index (χ1v) is 8.85. The number of ether oxygens (including phenoxy) is 4. The van der Waals surface area contributed by atoms with E-state index in [4.69, 9.17) is 18.9 Å². The molecule has 1 heterocycles. The lowest BCUT2D eigenvalue weighted by Crippen LogP contribution is -2.58. The Morgan fingerprint density at radius 3 is 1.79 bits per heavy atom. The Morgan fingerprint density at radius 1 is 0.857 bits per heavy atom. The predicted octanol–water partition coefficient (Wildman–Crippen LogP) is 3.17. The molecular weight excluding hydrogens is 367 g/mol. The number of halogens is 1. The summed E-state index contributed by atoms with van der Waals surface area (Å²) in [4.78, 5) is 24.9. The molecule has 0 N–H and O–H groups in total. The minimum Gasteiger partial charge on any atom is -0.452 e. The van der Waals surface area contributed by atoms with Crippen molar-refractivity contribution in [1.82, 2.24) is 0 Å². The number of rotatable bonds is 5. The Labute approximate surface area is 162 Å². The van der Waals surface area contributed by atoms with Crippen molar-refractivity contribution in [3.8, 4) is 0 Å². The van der Waals surface area contributed by atoms with Crippen molar-refractivity contribution in [3.05, 3.63) is 71.8 Å². The zero-order chi connectivity index (χ0) is 20.1. The fourth-order valence-corrected chi connectivity index (χ4v) is 2.98. The molecular formula is C21H21FO6. The van der Waals surface area contributed by atoms with E-state index in [-0.39, 0.29) is 5.56 Å². The molecule has 2 aromatic rings. The Hall–Kier alpha value is -2.77. The summed E-state index contributed by atoms with van der Waals surface area (Å²) in [6, 6.07) is 16.5. The summed E-state index contributed by atoms with van der Waals surface area (Å²) in [5.74, 6) is -1.39. The van der Waals surface area contributed by atoms with Gasteiger partial charge in [-0.3, -0.25) is 0 Å². The maximum atomic E-state index is 14.9. The zero-order valence-corrected chi connectivity index (χ0v) is 15.5. The lowest BCUT2D eigenvalue weighted by Gasteiger charge is -2.40. The van der Waals surface area contributed by atoms with Crippen LogP contribution in [0.1, 0.15) is 27.6 Å². The molecule has 0 bridgehead atoms. The molecule has 28 heavy (non-hydrogen) atoms. The van der Waals surface area contributed by atoms with E-state index in [2.05, 4.69) is 0 Å². The Balaban J connectivity index is 1.82. The quantitative estimate of drug-likeness (QED) is 0.733. The lowest BCUT2D eigenvalue weighted by atomic mass is 10.00. The molecule has 0 aromatic heterocycles. The van der Waals surface area contributed by atoms with Gasteiger partial charge in [0.05, 0.1) is 17.2 Å². The lowest BCUT2D eigenvalue weighted by molar-refractivity contribution is -0.269. The van der Waals surface area contributed by atoms with Gasteiger partial charge in [0.25, 0.3) is 0 Å². The summed E-state index contributed by atoms with van der Waals surface area (Å²) in [5, 5.41) is 0. The fraction of sp³-hybridized carbons (Fsp3) is 0.333. The molecule has 0 saturated carbocycles. The highest BCUT2D eigenvalue weighted by Crippen LogP contribution is 2.29. The van der Waals surface area contributed by atoms with Gasteiger partial charge in [-0.25, -0.2) is 14.0 Å². The minimum absolute atomic E-state index is 0.260. The van der Waals surface area contributed by atoms with Crippen LogP contribution < -0.4 is 0 Å². The molecule has 0 unspecified atom stereocenters. The van der Waals surface area contributed by atoms with Crippen LogP contribution in [0.2, 0.25) is 0 Å². The molecule has 5 atom stereocenters. The maximum absolute atomic E-state index is 14.9. The van der Waals surface area contributed by atoms with Crippen molar-refractivity contribution in [3.63, 3.8) is 0 Å². The molecule has 1 aliphatic rings. The van der Waals surface area contributed by atoms with Crippen LogP contribution in [0.3, 0.4) is 0 Å². The SMILES string of the molecule is CO[C@H]1O[C@H](C)[C@H](OC(=O)c2ccccc2)[C@H](OC(=O)c2ccccc2)[C@H]1F. The van der Waals surface area contributed by atoms with Crippen molar-refractivity contribution < 1.29 is 32.9 Å². The van der Waals surface area contributed by atoms with Gasteiger partial charge >= 0.3 is 11.9 Å². The van der Waals surface area contributed by atoms with Gasteiger partial charge in [0.1, 0.15) is 0 Å². The summed E-state index contributed by atoms with van der Waals surface area (Å²) in [5.41, 5.74) is 0.558. The number of esters is 2. The molecule has 7 heteroatoms. The van der Waals surface area contributed by atoms with E-state index in [1.807, 2.05) is 0 Å². The third-order valence-corrected chi connectivity index (χ3v) is 4.45. The van der Waals surface area contributed by atoms with Crippen LogP contribution in [0.25, 0.3) is 0 Å². The van der Waals surface area contributed by atoms with Gasteiger partial charge in [-0.1, -0.05) is 36.4 Å². The Kier molecular flexibility index (Phi) is 6.38. The molecule has 0 amide bonds. The van der Waals surface area contributed by atoms with E-state index in [1.54, 1.807) is 67.6 Å². The van der Waals surface area contributed by atoms with Crippen LogP contribution >= 0.6 is 0 Å². The number of carbonyl (C=O) groups excluding carboxylic acids is 2. The van der Waals surface area contributed by atoms with Gasteiger partial charge < -0.3 is 18.9 Å². The zero-order valence-electron chi connectivity index (χ0n) is 15.5. The molecule has 1 saturated heterocycles. The number of hydrogen-bond acceptors (Lipinski definition) is 6. The van der Waals surface area contributed by atoms with Crippen LogP contribution in [0.15, 0.2) is 60.7 Å². The van der Waals surface area contributed by atoms with Crippen LogP contribution in [0, 0.1) is 0 Å². The summed E-state index contributed by atoms with van der Waals surface area (Å²) < 4.78 is 36.3. The van der Waals surface area contributed by atoms with Gasteiger partial charge in [-0.2, -0.15) is 0 Å². The molecule has 2 aromatic carbocycles. The predicted molar refractivity (Wildman–Crippen MR) is 97.5 cm³/mol. The first kappa shape index (κ1) is 20.0. The van der Waals surface area contributed by atoms with Crippen molar-refractivity contribution in [2.75, 3.05) is 7.11 Å². The van der Waals surface area contributed by atoms with E-state index < -0.39 is 42.7 Å². The molecule has 0 radical (unpaired) electrons. The smallest absolute Gasteiger partial charge is 0.338 e.